The van der Waals surface area contributed by atoms with E-state index >= 15 is 0 Å². The summed E-state index contributed by atoms with van der Waals surface area (Å²) in [4.78, 5) is 11.0. The van der Waals surface area contributed by atoms with Gasteiger partial charge in [0, 0.05) is 18.8 Å². The zero-order chi connectivity index (χ0) is 10.8. The van der Waals surface area contributed by atoms with Gasteiger partial charge in [0.15, 0.2) is 0 Å². The molecule has 0 spiro atoms. The number of aromatic nitrogens is 2. The Morgan fingerprint density at radius 3 is 2.60 bits per heavy atom. The van der Waals surface area contributed by atoms with Crippen molar-refractivity contribution in [2.45, 2.75) is 6.54 Å². The molecule has 0 atom stereocenters. The molecule has 0 saturated heterocycles. The molecule has 0 bridgehead atoms. The zero-order valence-corrected chi connectivity index (χ0v) is 11.3. The first kappa shape index (κ1) is 15.1. The maximum Gasteiger partial charge on any atom is 1.00 e. The third-order valence-corrected chi connectivity index (χ3v) is 1.60. The van der Waals surface area contributed by atoms with Gasteiger partial charge in [-0.25, -0.2) is 4.68 Å². The van der Waals surface area contributed by atoms with E-state index in [1.54, 1.807) is 0 Å². The molecule has 0 unspecified atom stereocenters. The summed E-state index contributed by atoms with van der Waals surface area (Å²) in [5.41, 5.74) is -1.51. The van der Waals surface area contributed by atoms with Crippen LogP contribution < -0.4 is 56.9 Å². The summed E-state index contributed by atoms with van der Waals surface area (Å²) < 4.78 is 37.0. The molecule has 0 fully saturated rings. The molecule has 3 nitrogen and oxygen atoms in total. The van der Waals surface area contributed by atoms with Gasteiger partial charge < -0.3 is 12.9 Å². The van der Waals surface area contributed by atoms with Crippen molar-refractivity contribution in [1.82, 2.24) is 9.78 Å². The van der Waals surface area contributed by atoms with E-state index in [0.717, 1.165) is 10.7 Å². The topological polar surface area (TPSA) is 34.9 Å². The van der Waals surface area contributed by atoms with Gasteiger partial charge in [-0.2, -0.15) is 5.10 Å². The van der Waals surface area contributed by atoms with Crippen LogP contribution in [0.25, 0.3) is 0 Å². The molecule has 0 N–H and O–H groups in total. The van der Waals surface area contributed by atoms with E-state index in [2.05, 4.69) is 11.7 Å². The van der Waals surface area contributed by atoms with Crippen molar-refractivity contribution in [3.63, 3.8) is 0 Å². The van der Waals surface area contributed by atoms with Gasteiger partial charge in [0.05, 0.1) is 0 Å². The van der Waals surface area contributed by atoms with Crippen LogP contribution in [0.15, 0.2) is 35.2 Å². The molecule has 8 heteroatoms. The molecule has 76 valence electrons. The molecule has 1 heterocycles. The molecule has 1 aromatic rings. The van der Waals surface area contributed by atoms with E-state index in [1.807, 2.05) is 0 Å². The largest absolute Gasteiger partial charge is 1.00 e. The van der Waals surface area contributed by atoms with Gasteiger partial charge in [-0.3, -0.25) is 4.79 Å². The van der Waals surface area contributed by atoms with Crippen molar-refractivity contribution in [3.05, 3.63) is 40.7 Å². The van der Waals surface area contributed by atoms with Gasteiger partial charge in [-0.15, -0.1) is 12.1 Å². The number of allylic oxidation sites excluding steroid dienone is 1. The summed E-state index contributed by atoms with van der Waals surface area (Å²) in [5, 5.41) is 3.49. The van der Waals surface area contributed by atoms with E-state index in [-0.39, 0.29) is 51.4 Å². The van der Waals surface area contributed by atoms with Crippen molar-refractivity contribution >= 4 is 6.98 Å². The van der Waals surface area contributed by atoms with E-state index in [9.17, 15) is 17.7 Å². The second kappa shape index (κ2) is 6.00. The van der Waals surface area contributed by atoms with E-state index in [0.29, 0.717) is 0 Å². The molecule has 0 radical (unpaired) electrons. The normalized spacial score (nSPS) is 10.6. The summed E-state index contributed by atoms with van der Waals surface area (Å²) in [7, 11) is 0. The first-order valence-electron chi connectivity index (χ1n) is 3.81. The Kier molecular flexibility index (Phi) is 6.04. The predicted molar refractivity (Wildman–Crippen MR) is 46.7 cm³/mol. The molecular formula is C7H7BF3KN2O. The van der Waals surface area contributed by atoms with Crippen LogP contribution in [0.4, 0.5) is 12.9 Å². The van der Waals surface area contributed by atoms with E-state index in [4.69, 9.17) is 0 Å². The monoisotopic (exact) mass is 242 g/mol. The summed E-state index contributed by atoms with van der Waals surface area (Å²) >= 11 is 0. The second-order valence-corrected chi connectivity index (χ2v) is 2.75. The van der Waals surface area contributed by atoms with Gasteiger partial charge in [0.25, 0.3) is 5.56 Å². The molecule has 0 aliphatic rings. The molecule has 0 aliphatic heterocycles. The van der Waals surface area contributed by atoms with Crippen molar-refractivity contribution in [1.29, 1.82) is 0 Å². The van der Waals surface area contributed by atoms with E-state index in [1.165, 1.54) is 12.3 Å². The Hall–Kier alpha value is 0.111. The van der Waals surface area contributed by atoms with Gasteiger partial charge in [0.2, 0.25) is 0 Å². The van der Waals surface area contributed by atoms with Crippen molar-refractivity contribution in [3.8, 4) is 0 Å². The maximum atomic E-state index is 12.1. The maximum absolute atomic E-state index is 12.1. The van der Waals surface area contributed by atoms with Crippen LogP contribution in [0.5, 0.6) is 0 Å². The molecular weight excluding hydrogens is 235 g/mol. The van der Waals surface area contributed by atoms with Gasteiger partial charge in [0.1, 0.15) is 0 Å². The van der Waals surface area contributed by atoms with Crippen LogP contribution in [0.2, 0.25) is 0 Å². The van der Waals surface area contributed by atoms with Crippen molar-refractivity contribution < 1.29 is 64.3 Å². The summed E-state index contributed by atoms with van der Waals surface area (Å²) in [6.07, 6.45) is 1.25. The summed E-state index contributed by atoms with van der Waals surface area (Å²) in [6, 6.07) is 2.50. The quantitative estimate of drug-likeness (QED) is 0.585. The number of halogens is 3. The summed E-state index contributed by atoms with van der Waals surface area (Å²) in [6.45, 7) is -2.85. The van der Waals surface area contributed by atoms with Crippen LogP contribution in [0.1, 0.15) is 0 Å². The van der Waals surface area contributed by atoms with Crippen LogP contribution in [-0.4, -0.2) is 16.8 Å². The number of rotatable bonds is 3. The van der Waals surface area contributed by atoms with E-state index < -0.39 is 24.6 Å². The Labute approximate surface area is 127 Å². The molecule has 0 aliphatic carbocycles. The molecule has 1 rings (SSSR count). The fourth-order valence-corrected chi connectivity index (χ4v) is 0.802. The van der Waals surface area contributed by atoms with Gasteiger partial charge in [-0.05, 0) is 6.07 Å². The number of nitrogens with zero attached hydrogens (tertiary/aromatic N) is 2. The minimum absolute atomic E-state index is 0. The smallest absolute Gasteiger partial charge is 0.445 e. The third-order valence-electron chi connectivity index (χ3n) is 1.60. The van der Waals surface area contributed by atoms with Crippen LogP contribution in [0.3, 0.4) is 0 Å². The minimum atomic E-state index is -5.11. The SMILES string of the molecule is C=C(Cn1ncccc1=O)[B-](F)(F)F.[K+]. The van der Waals surface area contributed by atoms with Gasteiger partial charge in [-0.1, -0.05) is 0 Å². The predicted octanol–water partition coefficient (Wildman–Crippen LogP) is -1.81. The molecule has 0 saturated carbocycles. The first-order valence-corrected chi connectivity index (χ1v) is 3.81. The Morgan fingerprint density at radius 2 is 2.13 bits per heavy atom. The van der Waals surface area contributed by atoms with Gasteiger partial charge >= 0.3 is 58.4 Å². The Morgan fingerprint density at radius 1 is 1.53 bits per heavy atom. The standard InChI is InChI=1S/C7H7BF3N2O.K/c1-6(8(9,10)11)5-13-7(14)3-2-4-12-13;/h2-4H,1,5H2;/q-1;+1. The first-order chi connectivity index (χ1) is 6.41. The fraction of sp³-hybridized carbons (Fsp3) is 0.143. The Bertz CT molecular complexity index is 404. The van der Waals surface area contributed by atoms with Crippen LogP contribution in [0, 0.1) is 0 Å². The zero-order valence-electron chi connectivity index (χ0n) is 8.16. The minimum Gasteiger partial charge on any atom is -0.445 e. The third kappa shape index (κ3) is 4.64. The van der Waals surface area contributed by atoms with Crippen LogP contribution >= 0.6 is 0 Å². The number of hydrogen-bond donors (Lipinski definition) is 0. The van der Waals surface area contributed by atoms with Crippen LogP contribution in [-0.2, 0) is 6.54 Å². The fourth-order valence-electron chi connectivity index (χ4n) is 0.802. The van der Waals surface area contributed by atoms with Crippen molar-refractivity contribution in [2.24, 2.45) is 0 Å². The molecule has 1 aromatic heterocycles. The average Bonchev–Trinajstić information content (AvgIpc) is 2.07. The molecule has 0 amide bonds. The number of hydrogen-bond acceptors (Lipinski definition) is 2. The average molecular weight is 242 g/mol. The molecule has 0 aromatic carbocycles. The summed E-state index contributed by atoms with van der Waals surface area (Å²) in [5.74, 6) is 0. The molecule has 15 heavy (non-hydrogen) atoms. The van der Waals surface area contributed by atoms with Crippen molar-refractivity contribution in [2.75, 3.05) is 0 Å². The second-order valence-electron chi connectivity index (χ2n) is 2.75. The Balaban J connectivity index is 0.00000196.